The van der Waals surface area contributed by atoms with Crippen molar-refractivity contribution < 1.29 is 4.79 Å². The van der Waals surface area contributed by atoms with E-state index in [-0.39, 0.29) is 5.78 Å². The minimum atomic E-state index is 0.0221. The molecule has 0 saturated heterocycles. The monoisotopic (exact) mass is 688 g/mol. The van der Waals surface area contributed by atoms with Gasteiger partial charge in [-0.2, -0.15) is 0 Å². The standard InChI is InChI=1S/C20H22N6.C19H14N6O/c1-14(2)18(16-8-6-7-15(3)11-16)12-17(13-21)26-24-20(23-25-26)19-9-4-5-10-22-19;1-13(26)14-5-4-6-15(9-14)16-10-17(12-20-11-16)25-23-19(22-24-25)18-7-2-3-8-21-18/h4-14H,21H2,1-3H3;2-12H,1H3/b17-13+,18-12+;. The maximum Gasteiger partial charge on any atom is 0.223 e. The zero-order valence-corrected chi connectivity index (χ0v) is 29.1. The number of rotatable bonds is 9. The van der Waals surface area contributed by atoms with Crippen molar-refractivity contribution in [3.8, 4) is 39.9 Å². The van der Waals surface area contributed by atoms with Crippen LogP contribution < -0.4 is 5.73 Å². The second-order valence-electron chi connectivity index (χ2n) is 12.0. The van der Waals surface area contributed by atoms with E-state index in [0.29, 0.717) is 45.9 Å². The number of carbonyl (C=O) groups excluding carboxylic acids is 1. The normalized spacial score (nSPS) is 11.6. The Labute approximate surface area is 300 Å². The smallest absolute Gasteiger partial charge is 0.223 e. The van der Waals surface area contributed by atoms with Gasteiger partial charge in [-0.25, -0.2) is 0 Å². The summed E-state index contributed by atoms with van der Waals surface area (Å²) in [5.74, 6) is 1.23. The van der Waals surface area contributed by atoms with Crippen molar-refractivity contribution >= 4 is 17.1 Å². The van der Waals surface area contributed by atoms with Crippen LogP contribution in [0.25, 0.3) is 51.1 Å². The Morgan fingerprint density at radius 2 is 1.44 bits per heavy atom. The van der Waals surface area contributed by atoms with Gasteiger partial charge in [-0.05, 0) is 89.4 Å². The molecule has 2 N–H and O–H groups in total. The zero-order chi connectivity index (χ0) is 36.5. The van der Waals surface area contributed by atoms with E-state index in [0.717, 1.165) is 22.3 Å². The molecule has 0 amide bonds. The molecule has 5 heterocycles. The molecule has 7 aromatic rings. The Hall–Kier alpha value is -7.02. The SMILES string of the molecule is CC(=O)c1cccc(-c2cncc(-n3nnc(-c4ccccn4)n3)c2)c1.Cc1cccc(/C(=C/C(=C\N)n2nnc(-c3ccccn3)n2)C(C)C)c1. The predicted octanol–water partition coefficient (Wildman–Crippen LogP) is 6.53. The first-order chi connectivity index (χ1) is 25.3. The fourth-order valence-electron chi connectivity index (χ4n) is 5.20. The molecule has 0 saturated carbocycles. The van der Waals surface area contributed by atoms with Gasteiger partial charge in [-0.1, -0.05) is 74.0 Å². The van der Waals surface area contributed by atoms with E-state index in [1.807, 2.05) is 66.7 Å². The van der Waals surface area contributed by atoms with Crippen molar-refractivity contribution in [1.82, 2.24) is 55.4 Å². The van der Waals surface area contributed by atoms with E-state index < -0.39 is 0 Å². The Balaban J connectivity index is 0.000000179. The molecule has 0 fully saturated rings. The average molecular weight is 689 g/mol. The third-order valence-corrected chi connectivity index (χ3v) is 7.85. The van der Waals surface area contributed by atoms with Crippen LogP contribution in [0.5, 0.6) is 0 Å². The molecule has 0 aliphatic carbocycles. The summed E-state index contributed by atoms with van der Waals surface area (Å²) in [6, 6.07) is 28.8. The lowest BCUT2D eigenvalue weighted by Crippen LogP contribution is -2.05. The highest BCUT2D eigenvalue weighted by molar-refractivity contribution is 5.95. The maximum absolute atomic E-state index is 11.6. The number of tetrazole rings is 2. The van der Waals surface area contributed by atoms with E-state index in [1.165, 1.54) is 21.4 Å². The topological polar surface area (TPSA) is 169 Å². The third kappa shape index (κ3) is 8.40. The van der Waals surface area contributed by atoms with Crippen LogP contribution in [0.15, 0.2) is 128 Å². The summed E-state index contributed by atoms with van der Waals surface area (Å²) in [4.78, 5) is 27.2. The molecule has 0 aliphatic rings. The van der Waals surface area contributed by atoms with E-state index in [4.69, 9.17) is 5.73 Å². The van der Waals surface area contributed by atoms with Crippen molar-refractivity contribution in [3.63, 3.8) is 0 Å². The first kappa shape index (κ1) is 34.8. The highest BCUT2D eigenvalue weighted by Gasteiger charge is 2.13. The van der Waals surface area contributed by atoms with Crippen LogP contribution in [-0.4, -0.2) is 61.1 Å². The Morgan fingerprint density at radius 3 is 2.10 bits per heavy atom. The summed E-state index contributed by atoms with van der Waals surface area (Å²) < 4.78 is 0. The molecule has 0 radical (unpaired) electrons. The van der Waals surface area contributed by atoms with Crippen LogP contribution in [-0.2, 0) is 0 Å². The molecule has 0 bridgehead atoms. The zero-order valence-electron chi connectivity index (χ0n) is 29.1. The first-order valence-corrected chi connectivity index (χ1v) is 16.5. The number of hydrogen-bond acceptors (Lipinski definition) is 11. The van der Waals surface area contributed by atoms with E-state index in [1.54, 1.807) is 37.8 Å². The summed E-state index contributed by atoms with van der Waals surface area (Å²) in [5.41, 5.74) is 14.4. The van der Waals surface area contributed by atoms with Gasteiger partial charge in [0.15, 0.2) is 5.78 Å². The fourth-order valence-corrected chi connectivity index (χ4v) is 5.20. The highest BCUT2D eigenvalue weighted by Crippen LogP contribution is 2.27. The average Bonchev–Trinajstić information content (AvgIpc) is 3.88. The number of benzene rings is 2. The Bertz CT molecular complexity index is 2340. The predicted molar refractivity (Wildman–Crippen MR) is 199 cm³/mol. The van der Waals surface area contributed by atoms with Crippen LogP contribution in [0.2, 0.25) is 0 Å². The largest absolute Gasteiger partial charge is 0.403 e. The van der Waals surface area contributed by atoms with Crippen LogP contribution in [0.3, 0.4) is 0 Å². The van der Waals surface area contributed by atoms with Crippen molar-refractivity contribution in [2.75, 3.05) is 0 Å². The second kappa shape index (κ2) is 16.1. The molecule has 0 spiro atoms. The molecule has 0 aliphatic heterocycles. The van der Waals surface area contributed by atoms with Crippen LogP contribution in [0.4, 0.5) is 0 Å². The van der Waals surface area contributed by atoms with Crippen molar-refractivity contribution in [2.24, 2.45) is 11.7 Å². The molecule has 7 rings (SSSR count). The summed E-state index contributed by atoms with van der Waals surface area (Å²) in [7, 11) is 0. The van der Waals surface area contributed by atoms with Gasteiger partial charge in [0, 0.05) is 35.9 Å². The third-order valence-electron chi connectivity index (χ3n) is 7.85. The Kier molecular flexibility index (Phi) is 10.8. The van der Waals surface area contributed by atoms with Gasteiger partial charge in [0.1, 0.15) is 22.8 Å². The summed E-state index contributed by atoms with van der Waals surface area (Å²) in [5, 5.41) is 25.1. The number of ketones is 1. The van der Waals surface area contributed by atoms with E-state index in [2.05, 4.69) is 90.8 Å². The van der Waals surface area contributed by atoms with E-state index in [9.17, 15) is 4.79 Å². The summed E-state index contributed by atoms with van der Waals surface area (Å²) in [6.45, 7) is 7.93. The second-order valence-corrected chi connectivity index (χ2v) is 12.0. The lowest BCUT2D eigenvalue weighted by atomic mass is 9.93. The number of allylic oxidation sites excluding steroid dienone is 3. The number of nitrogens with zero attached hydrogens (tertiary/aromatic N) is 11. The number of hydrogen-bond donors (Lipinski definition) is 1. The first-order valence-electron chi connectivity index (χ1n) is 16.5. The van der Waals surface area contributed by atoms with Crippen LogP contribution >= 0.6 is 0 Å². The lowest BCUT2D eigenvalue weighted by Gasteiger charge is -2.13. The molecular weight excluding hydrogens is 653 g/mol. The lowest BCUT2D eigenvalue weighted by molar-refractivity contribution is 0.101. The van der Waals surface area contributed by atoms with Gasteiger partial charge in [0.05, 0.1) is 6.20 Å². The van der Waals surface area contributed by atoms with Gasteiger partial charge in [0.25, 0.3) is 0 Å². The fraction of sp³-hybridized carbons (Fsp3) is 0.128. The minimum absolute atomic E-state index is 0.0221. The molecule has 52 heavy (non-hydrogen) atoms. The minimum Gasteiger partial charge on any atom is -0.403 e. The van der Waals surface area contributed by atoms with Gasteiger partial charge in [-0.15, -0.1) is 30.0 Å². The number of nitrogens with two attached hydrogens (primary N) is 1. The molecule has 0 atom stereocenters. The van der Waals surface area contributed by atoms with E-state index >= 15 is 0 Å². The number of aromatic nitrogens is 11. The molecule has 0 unspecified atom stereocenters. The highest BCUT2D eigenvalue weighted by atomic mass is 16.1. The maximum atomic E-state index is 11.6. The summed E-state index contributed by atoms with van der Waals surface area (Å²) >= 11 is 0. The number of Topliss-reactive ketones (excluding diaryl/α,β-unsaturated/α-hetero) is 1. The van der Waals surface area contributed by atoms with Gasteiger partial charge in [-0.3, -0.25) is 19.7 Å². The summed E-state index contributed by atoms with van der Waals surface area (Å²) in [6.07, 6.45) is 10.3. The van der Waals surface area contributed by atoms with Gasteiger partial charge >= 0.3 is 0 Å². The molecule has 5 aromatic heterocycles. The molecule has 258 valence electrons. The Morgan fingerprint density at radius 1 is 0.750 bits per heavy atom. The quantitative estimate of drug-likeness (QED) is 0.129. The van der Waals surface area contributed by atoms with Gasteiger partial charge in [0.2, 0.25) is 11.6 Å². The van der Waals surface area contributed by atoms with Crippen molar-refractivity contribution in [3.05, 3.63) is 145 Å². The number of carbonyl (C=O) groups is 1. The molecule has 13 heteroatoms. The number of pyridine rings is 3. The van der Waals surface area contributed by atoms with Crippen LogP contribution in [0, 0.1) is 12.8 Å². The molecular formula is C39H36N12O. The van der Waals surface area contributed by atoms with Crippen molar-refractivity contribution in [2.45, 2.75) is 27.7 Å². The number of aryl methyl sites for hydroxylation is 1. The van der Waals surface area contributed by atoms with Crippen molar-refractivity contribution in [1.29, 1.82) is 0 Å². The molecule has 2 aromatic carbocycles. The van der Waals surface area contributed by atoms with Gasteiger partial charge < -0.3 is 5.73 Å². The molecule has 13 nitrogen and oxygen atoms in total. The van der Waals surface area contributed by atoms with Crippen LogP contribution in [0.1, 0.15) is 42.3 Å².